The summed E-state index contributed by atoms with van der Waals surface area (Å²) in [6.07, 6.45) is 7.31. The molecule has 0 amide bonds. The van der Waals surface area contributed by atoms with Crippen LogP contribution in [0.1, 0.15) is 70.3 Å². The van der Waals surface area contributed by atoms with Gasteiger partial charge in [0.15, 0.2) is 0 Å². The highest BCUT2D eigenvalue weighted by Crippen LogP contribution is 2.39. The number of aliphatic hydroxyl groups excluding tert-OH is 2. The number of fused-ring (bicyclic) bond motifs is 2. The molecule has 232 valence electrons. The van der Waals surface area contributed by atoms with E-state index in [2.05, 4.69) is 53.2 Å². The third-order valence-corrected chi connectivity index (χ3v) is 10.2. The Hall–Kier alpha value is -3.06. The summed E-state index contributed by atoms with van der Waals surface area (Å²) in [6.45, 7) is 7.05. The van der Waals surface area contributed by atoms with Crippen molar-refractivity contribution in [3.63, 3.8) is 0 Å². The molecule has 6 rings (SSSR count). The maximum Gasteiger partial charge on any atom is 0.211 e. The Balaban J connectivity index is 1.09. The van der Waals surface area contributed by atoms with Gasteiger partial charge in [0.1, 0.15) is 29.7 Å². The Kier molecular flexibility index (Phi) is 7.99. The molecule has 3 aromatic heterocycles. The SMILES string of the molecule is CC(C)(C)c1ccc2nc(CCCCN(CC3CC(n4ccc5c(NC6CC6)ncnc54)[C@H](O)[C@@H]3O)S(C)(=O)=O)[nH]c2c1. The van der Waals surface area contributed by atoms with Crippen LogP contribution in [0.2, 0.25) is 0 Å². The number of aromatic amines is 1. The summed E-state index contributed by atoms with van der Waals surface area (Å²) in [5.41, 5.74) is 3.93. The molecule has 2 fully saturated rings. The summed E-state index contributed by atoms with van der Waals surface area (Å²) in [4.78, 5) is 17.0. The van der Waals surface area contributed by atoms with E-state index in [1.54, 1.807) is 0 Å². The van der Waals surface area contributed by atoms with E-state index in [0.29, 0.717) is 37.5 Å². The number of hydrogen-bond acceptors (Lipinski definition) is 8. The van der Waals surface area contributed by atoms with Crippen molar-refractivity contribution in [1.82, 2.24) is 28.8 Å². The number of imidazole rings is 1. The lowest BCUT2D eigenvalue weighted by molar-refractivity contribution is 0.00403. The van der Waals surface area contributed by atoms with Gasteiger partial charge < -0.3 is 25.1 Å². The molecule has 2 unspecified atom stereocenters. The van der Waals surface area contributed by atoms with Crippen molar-refractivity contribution in [2.45, 2.75) is 89.0 Å². The van der Waals surface area contributed by atoms with E-state index in [1.807, 2.05) is 22.9 Å². The van der Waals surface area contributed by atoms with E-state index in [1.165, 1.54) is 22.5 Å². The molecule has 4 atom stereocenters. The molecule has 0 saturated heterocycles. The molecule has 1 aromatic carbocycles. The number of aryl methyl sites for hydroxylation is 1. The number of rotatable bonds is 11. The predicted molar refractivity (Wildman–Crippen MR) is 167 cm³/mol. The Labute approximate surface area is 252 Å². The van der Waals surface area contributed by atoms with E-state index in [9.17, 15) is 18.6 Å². The first kappa shape index (κ1) is 30.0. The van der Waals surface area contributed by atoms with Gasteiger partial charge in [-0.1, -0.05) is 26.8 Å². The van der Waals surface area contributed by atoms with Gasteiger partial charge in [0, 0.05) is 37.7 Å². The van der Waals surface area contributed by atoms with Crippen LogP contribution in [-0.2, 0) is 21.9 Å². The molecule has 0 aliphatic heterocycles. The standard InChI is InChI=1S/C31H43N7O4S/c1-31(2,3)20-8-11-23-24(16-20)36-26(35-23)7-5-6-13-37(43(4,41)42)17-19-15-25(28(40)27(19)39)38-14-12-22-29(34-21-9-10-21)32-18-33-30(22)38/h8,11-12,14,16,18-19,21,25,27-28,39-40H,5-7,9-10,13,15,17H2,1-4H3,(H,35,36)(H,32,33,34)/t19?,25?,27-,28+/m1/s1. The summed E-state index contributed by atoms with van der Waals surface area (Å²) >= 11 is 0. The number of nitrogens with one attached hydrogen (secondary N) is 2. The summed E-state index contributed by atoms with van der Waals surface area (Å²) in [7, 11) is -3.51. The molecule has 3 heterocycles. The molecule has 43 heavy (non-hydrogen) atoms. The fourth-order valence-corrected chi connectivity index (χ4v) is 7.14. The number of sulfonamides is 1. The van der Waals surface area contributed by atoms with Crippen LogP contribution < -0.4 is 5.32 Å². The normalized spacial score (nSPS) is 23.1. The number of benzene rings is 1. The molecule has 0 bridgehead atoms. The zero-order chi connectivity index (χ0) is 30.5. The Morgan fingerprint density at radius 1 is 1.12 bits per heavy atom. The lowest BCUT2D eigenvalue weighted by Gasteiger charge is -2.25. The molecule has 2 aliphatic carbocycles. The van der Waals surface area contributed by atoms with Crippen LogP contribution in [-0.4, -0.2) is 85.0 Å². The highest BCUT2D eigenvalue weighted by molar-refractivity contribution is 7.88. The summed E-state index contributed by atoms with van der Waals surface area (Å²) in [6, 6.07) is 8.26. The van der Waals surface area contributed by atoms with Crippen LogP contribution >= 0.6 is 0 Å². The minimum absolute atomic E-state index is 0.0537. The smallest absolute Gasteiger partial charge is 0.211 e. The zero-order valence-electron chi connectivity index (χ0n) is 25.4. The Morgan fingerprint density at radius 3 is 2.63 bits per heavy atom. The molecular weight excluding hydrogens is 566 g/mol. The quantitative estimate of drug-likeness (QED) is 0.188. The number of nitrogens with zero attached hydrogens (tertiary/aromatic N) is 5. The second-order valence-electron chi connectivity index (χ2n) is 13.4. The molecule has 2 saturated carbocycles. The highest BCUT2D eigenvalue weighted by atomic mass is 32.2. The Bertz CT molecular complexity index is 1710. The van der Waals surface area contributed by atoms with Gasteiger partial charge in [-0.25, -0.2) is 27.7 Å². The van der Waals surface area contributed by atoms with Gasteiger partial charge >= 0.3 is 0 Å². The van der Waals surface area contributed by atoms with Gasteiger partial charge in [0.05, 0.1) is 34.8 Å². The largest absolute Gasteiger partial charge is 0.390 e. The molecule has 11 nitrogen and oxygen atoms in total. The molecule has 4 aromatic rings. The predicted octanol–water partition coefficient (Wildman–Crippen LogP) is 3.75. The molecule has 4 N–H and O–H groups in total. The number of aliphatic hydroxyl groups is 2. The fourth-order valence-electron chi connectivity index (χ4n) is 6.21. The first-order valence-corrected chi connectivity index (χ1v) is 17.1. The minimum Gasteiger partial charge on any atom is -0.390 e. The monoisotopic (exact) mass is 609 g/mol. The summed E-state index contributed by atoms with van der Waals surface area (Å²) in [5.74, 6) is 1.25. The average molecular weight is 610 g/mol. The van der Waals surface area contributed by atoms with Gasteiger partial charge in [-0.05, 0) is 61.3 Å². The summed E-state index contributed by atoms with van der Waals surface area (Å²) in [5, 5.41) is 26.4. The van der Waals surface area contributed by atoms with Gasteiger partial charge in [-0.15, -0.1) is 0 Å². The van der Waals surface area contributed by atoms with Crippen molar-refractivity contribution in [2.75, 3.05) is 24.7 Å². The van der Waals surface area contributed by atoms with E-state index < -0.39 is 34.2 Å². The molecule has 2 aliphatic rings. The second-order valence-corrected chi connectivity index (χ2v) is 15.4. The van der Waals surface area contributed by atoms with Gasteiger partial charge in [-0.2, -0.15) is 0 Å². The molecule has 0 spiro atoms. The number of anilines is 1. The van der Waals surface area contributed by atoms with Crippen LogP contribution in [0.4, 0.5) is 5.82 Å². The fraction of sp³-hybridized carbons (Fsp3) is 0.581. The second kappa shape index (κ2) is 11.5. The highest BCUT2D eigenvalue weighted by Gasteiger charge is 2.44. The number of aromatic nitrogens is 5. The van der Waals surface area contributed by atoms with Gasteiger partial charge in [0.2, 0.25) is 10.0 Å². The van der Waals surface area contributed by atoms with Gasteiger partial charge in [-0.3, -0.25) is 0 Å². The topological polar surface area (TPSA) is 149 Å². The first-order chi connectivity index (χ1) is 20.4. The van der Waals surface area contributed by atoms with Crippen molar-refractivity contribution in [3.05, 3.63) is 48.2 Å². The van der Waals surface area contributed by atoms with Crippen LogP contribution in [0, 0.1) is 5.92 Å². The Morgan fingerprint density at radius 2 is 1.91 bits per heavy atom. The van der Waals surface area contributed by atoms with Crippen LogP contribution in [0.3, 0.4) is 0 Å². The third-order valence-electron chi connectivity index (χ3n) is 8.93. The lowest BCUT2D eigenvalue weighted by Crippen LogP contribution is -2.39. The molecule has 12 heteroatoms. The lowest BCUT2D eigenvalue weighted by atomic mass is 9.87. The van der Waals surface area contributed by atoms with Crippen molar-refractivity contribution >= 4 is 37.9 Å². The number of hydrogen-bond donors (Lipinski definition) is 4. The van der Waals surface area contributed by atoms with E-state index in [0.717, 1.165) is 47.3 Å². The van der Waals surface area contributed by atoms with Crippen molar-refractivity contribution in [3.8, 4) is 0 Å². The molecule has 0 radical (unpaired) electrons. The maximum absolute atomic E-state index is 12.8. The summed E-state index contributed by atoms with van der Waals surface area (Å²) < 4.78 is 28.8. The first-order valence-electron chi connectivity index (χ1n) is 15.3. The maximum atomic E-state index is 12.8. The van der Waals surface area contributed by atoms with E-state index in [4.69, 9.17) is 4.98 Å². The van der Waals surface area contributed by atoms with Crippen molar-refractivity contribution in [2.24, 2.45) is 5.92 Å². The van der Waals surface area contributed by atoms with E-state index >= 15 is 0 Å². The van der Waals surface area contributed by atoms with Crippen LogP contribution in [0.5, 0.6) is 0 Å². The molecular formula is C31H43N7O4S. The average Bonchev–Trinajstić information content (AvgIpc) is 3.39. The van der Waals surface area contributed by atoms with Crippen LogP contribution in [0.25, 0.3) is 22.1 Å². The number of unbranched alkanes of at least 4 members (excludes halogenated alkanes) is 1. The van der Waals surface area contributed by atoms with Gasteiger partial charge in [0.25, 0.3) is 0 Å². The van der Waals surface area contributed by atoms with Crippen molar-refractivity contribution < 1.29 is 18.6 Å². The third kappa shape index (κ3) is 6.43. The van der Waals surface area contributed by atoms with E-state index in [-0.39, 0.29) is 12.0 Å². The minimum atomic E-state index is -3.51. The van der Waals surface area contributed by atoms with Crippen LogP contribution in [0.15, 0.2) is 36.8 Å². The van der Waals surface area contributed by atoms with Crippen molar-refractivity contribution in [1.29, 1.82) is 0 Å². The zero-order valence-corrected chi connectivity index (χ0v) is 26.2. The number of H-pyrrole nitrogens is 1.